The number of benzene rings is 1. The summed E-state index contributed by atoms with van der Waals surface area (Å²) in [5.41, 5.74) is 1.88. The summed E-state index contributed by atoms with van der Waals surface area (Å²) in [6.45, 7) is 0. The van der Waals surface area contributed by atoms with Crippen molar-refractivity contribution in [2.75, 3.05) is 12.4 Å². The lowest BCUT2D eigenvalue weighted by molar-refractivity contribution is -0.113. The first-order chi connectivity index (χ1) is 11.1. The summed E-state index contributed by atoms with van der Waals surface area (Å²) in [7, 11) is 1.53. The second-order valence-corrected chi connectivity index (χ2v) is 5.78. The minimum atomic E-state index is -0.329. The average Bonchev–Trinajstić information content (AvgIpc) is 2.56. The number of carbonyl (C=O) groups is 1. The highest BCUT2D eigenvalue weighted by Crippen LogP contribution is 2.34. The second-order valence-electron chi connectivity index (χ2n) is 5.35. The van der Waals surface area contributed by atoms with Gasteiger partial charge in [0.2, 0.25) is 0 Å². The zero-order valence-corrected chi connectivity index (χ0v) is 13.3. The van der Waals surface area contributed by atoms with Crippen LogP contribution in [0, 0.1) is 5.92 Å². The van der Waals surface area contributed by atoms with E-state index in [1.54, 1.807) is 12.1 Å². The van der Waals surface area contributed by atoms with Gasteiger partial charge in [-0.1, -0.05) is 35.9 Å². The lowest BCUT2D eigenvalue weighted by Gasteiger charge is -2.24. The molecule has 0 radical (unpaired) electrons. The molecule has 118 valence electrons. The molecule has 0 saturated heterocycles. The number of amides is 1. The van der Waals surface area contributed by atoms with Gasteiger partial charge < -0.3 is 15.2 Å². The molecule has 2 N–H and O–H groups in total. The molecule has 3 rings (SSSR count). The fourth-order valence-electron chi connectivity index (χ4n) is 2.65. The molecule has 4 nitrogen and oxygen atoms in total. The van der Waals surface area contributed by atoms with Crippen molar-refractivity contribution in [3.63, 3.8) is 0 Å². The Morgan fingerprint density at radius 2 is 2.26 bits per heavy atom. The summed E-state index contributed by atoms with van der Waals surface area (Å²) in [4.78, 5) is 12.6. The van der Waals surface area contributed by atoms with Crippen LogP contribution in [-0.4, -0.2) is 18.1 Å². The van der Waals surface area contributed by atoms with Gasteiger partial charge in [0.1, 0.15) is 11.5 Å². The minimum Gasteiger partial charge on any atom is -0.506 e. The summed E-state index contributed by atoms with van der Waals surface area (Å²) in [6.07, 6.45) is 10.7. The van der Waals surface area contributed by atoms with E-state index in [0.717, 1.165) is 12.0 Å². The number of hydrogen-bond donors (Lipinski definition) is 2. The Balaban J connectivity index is 1.86. The molecule has 0 heterocycles. The zero-order valence-electron chi connectivity index (χ0n) is 12.5. The van der Waals surface area contributed by atoms with Gasteiger partial charge in [0.25, 0.3) is 5.91 Å². The van der Waals surface area contributed by atoms with Crippen molar-refractivity contribution in [3.05, 3.63) is 70.5 Å². The quantitative estimate of drug-likeness (QED) is 0.825. The Morgan fingerprint density at radius 1 is 1.43 bits per heavy atom. The molecule has 1 aromatic carbocycles. The average molecular weight is 330 g/mol. The molecule has 0 bridgehead atoms. The maximum Gasteiger partial charge on any atom is 0.259 e. The van der Waals surface area contributed by atoms with Crippen LogP contribution in [0.2, 0.25) is 5.02 Å². The number of phenols is 1. The van der Waals surface area contributed by atoms with E-state index in [1.807, 2.05) is 24.3 Å². The van der Waals surface area contributed by atoms with Gasteiger partial charge in [-0.3, -0.25) is 4.79 Å². The van der Waals surface area contributed by atoms with Crippen LogP contribution >= 0.6 is 11.6 Å². The van der Waals surface area contributed by atoms with E-state index in [0.29, 0.717) is 22.0 Å². The Hall–Kier alpha value is -2.46. The monoisotopic (exact) mass is 329 g/mol. The minimum absolute atomic E-state index is 0.0774. The largest absolute Gasteiger partial charge is 0.506 e. The first-order valence-corrected chi connectivity index (χ1v) is 7.60. The van der Waals surface area contributed by atoms with Crippen molar-refractivity contribution < 1.29 is 14.6 Å². The molecule has 23 heavy (non-hydrogen) atoms. The molecule has 5 heteroatoms. The van der Waals surface area contributed by atoms with Crippen molar-refractivity contribution in [2.24, 2.45) is 5.92 Å². The van der Waals surface area contributed by atoms with Crippen LogP contribution in [0.15, 0.2) is 65.5 Å². The van der Waals surface area contributed by atoms with Crippen molar-refractivity contribution in [3.8, 4) is 5.75 Å². The van der Waals surface area contributed by atoms with E-state index in [2.05, 4.69) is 11.4 Å². The normalized spacial score (nSPS) is 19.2. The van der Waals surface area contributed by atoms with Crippen LogP contribution in [0.5, 0.6) is 5.75 Å². The molecule has 0 aromatic heterocycles. The van der Waals surface area contributed by atoms with E-state index in [-0.39, 0.29) is 17.6 Å². The number of nitrogens with one attached hydrogen (secondary N) is 1. The van der Waals surface area contributed by atoms with Gasteiger partial charge >= 0.3 is 0 Å². The molecule has 1 aromatic rings. The fraction of sp³-hybridized carbons (Fsp3) is 0.167. The Morgan fingerprint density at radius 3 is 3.00 bits per heavy atom. The molecule has 2 aliphatic carbocycles. The van der Waals surface area contributed by atoms with Crippen LogP contribution in [0.3, 0.4) is 0 Å². The van der Waals surface area contributed by atoms with E-state index in [4.69, 9.17) is 16.3 Å². The molecular formula is C18H16ClNO3. The number of hydrogen-bond acceptors (Lipinski definition) is 3. The number of fused-ring (bicyclic) bond motifs is 1. The summed E-state index contributed by atoms with van der Waals surface area (Å²) < 4.78 is 5.34. The summed E-state index contributed by atoms with van der Waals surface area (Å²) in [5.74, 6) is 0.267. The first kappa shape index (κ1) is 15.4. The predicted octanol–water partition coefficient (Wildman–Crippen LogP) is 3.96. The van der Waals surface area contributed by atoms with E-state index in [9.17, 15) is 9.90 Å². The standard InChI is InChI=1S/C18H16ClNO3/c1-23-17-9-12-5-3-2-4-11(12)8-14(17)18(22)20-15-7-6-13(19)10-16(15)21/h2-3,5-11,21H,4H2,1H3,(H,20,22). The van der Waals surface area contributed by atoms with Crippen LogP contribution in [0.1, 0.15) is 6.42 Å². The highest BCUT2D eigenvalue weighted by molar-refractivity contribution is 6.30. The van der Waals surface area contributed by atoms with E-state index in [1.165, 1.54) is 13.2 Å². The third kappa shape index (κ3) is 3.17. The number of allylic oxidation sites excluding steroid dienone is 6. The molecule has 1 unspecified atom stereocenters. The second kappa shape index (κ2) is 6.34. The molecule has 0 saturated carbocycles. The van der Waals surface area contributed by atoms with Crippen LogP contribution in [0.25, 0.3) is 0 Å². The lowest BCUT2D eigenvalue weighted by atomic mass is 9.84. The fourth-order valence-corrected chi connectivity index (χ4v) is 2.82. The number of methoxy groups -OCH3 is 1. The van der Waals surface area contributed by atoms with Crippen molar-refractivity contribution in [1.82, 2.24) is 0 Å². The molecule has 0 aliphatic heterocycles. The molecule has 0 fully saturated rings. The Labute approximate surface area is 139 Å². The predicted molar refractivity (Wildman–Crippen MR) is 90.3 cm³/mol. The van der Waals surface area contributed by atoms with Gasteiger partial charge in [0.05, 0.1) is 18.4 Å². The van der Waals surface area contributed by atoms with Gasteiger partial charge in [-0.05, 0) is 30.2 Å². The van der Waals surface area contributed by atoms with E-state index < -0.39 is 0 Å². The maximum absolute atomic E-state index is 12.6. The lowest BCUT2D eigenvalue weighted by Crippen LogP contribution is -2.21. The molecule has 1 atom stereocenters. The number of halogens is 1. The smallest absolute Gasteiger partial charge is 0.259 e. The summed E-state index contributed by atoms with van der Waals surface area (Å²) >= 11 is 5.80. The number of aromatic hydroxyl groups is 1. The molecule has 0 spiro atoms. The van der Waals surface area contributed by atoms with Crippen molar-refractivity contribution in [1.29, 1.82) is 0 Å². The Bertz CT molecular complexity index is 774. The molecule has 1 amide bonds. The number of carbonyl (C=O) groups excluding carboxylic acids is 1. The first-order valence-electron chi connectivity index (χ1n) is 7.23. The number of phenolic OH excluding ortho intramolecular Hbond substituents is 1. The number of rotatable bonds is 3. The third-order valence-electron chi connectivity index (χ3n) is 3.85. The highest BCUT2D eigenvalue weighted by atomic mass is 35.5. The molecule has 2 aliphatic rings. The third-order valence-corrected chi connectivity index (χ3v) is 4.08. The van der Waals surface area contributed by atoms with Crippen molar-refractivity contribution in [2.45, 2.75) is 6.42 Å². The summed E-state index contributed by atoms with van der Waals surface area (Å²) in [5, 5.41) is 13.0. The van der Waals surface area contributed by atoms with Gasteiger partial charge in [0, 0.05) is 17.0 Å². The zero-order chi connectivity index (χ0) is 16.4. The number of anilines is 1. The van der Waals surface area contributed by atoms with Crippen LogP contribution in [-0.2, 0) is 9.53 Å². The molecular weight excluding hydrogens is 314 g/mol. The van der Waals surface area contributed by atoms with Gasteiger partial charge in [-0.25, -0.2) is 0 Å². The van der Waals surface area contributed by atoms with Gasteiger partial charge in [-0.2, -0.15) is 0 Å². The van der Waals surface area contributed by atoms with Crippen LogP contribution in [0.4, 0.5) is 5.69 Å². The highest BCUT2D eigenvalue weighted by Gasteiger charge is 2.25. The van der Waals surface area contributed by atoms with Crippen LogP contribution < -0.4 is 5.32 Å². The number of ether oxygens (including phenoxy) is 1. The topological polar surface area (TPSA) is 58.6 Å². The SMILES string of the molecule is COC1=CC2=CC=CCC2C=C1C(=O)Nc1ccc(Cl)cc1O. The Kier molecular flexibility index (Phi) is 4.26. The van der Waals surface area contributed by atoms with E-state index >= 15 is 0 Å². The van der Waals surface area contributed by atoms with Gasteiger partial charge in [0.15, 0.2) is 0 Å². The maximum atomic E-state index is 12.6. The van der Waals surface area contributed by atoms with Crippen molar-refractivity contribution >= 4 is 23.2 Å². The summed E-state index contributed by atoms with van der Waals surface area (Å²) in [6, 6.07) is 4.54. The van der Waals surface area contributed by atoms with Gasteiger partial charge in [-0.15, -0.1) is 0 Å².